The number of anilines is 1. The topological polar surface area (TPSA) is 76.5 Å². The van der Waals surface area contributed by atoms with Crippen LogP contribution >= 0.6 is 0 Å². The first-order valence-corrected chi connectivity index (χ1v) is 13.8. The molecule has 2 N–H and O–H groups in total. The van der Waals surface area contributed by atoms with Crippen LogP contribution in [0, 0.1) is 25.5 Å². The summed E-state index contributed by atoms with van der Waals surface area (Å²) in [6.45, 7) is 6.73. The Bertz CT molecular complexity index is 1620. The predicted octanol–water partition coefficient (Wildman–Crippen LogP) is 3.98. The molecule has 4 aromatic rings. The summed E-state index contributed by atoms with van der Waals surface area (Å²) in [6.07, 6.45) is 0. The minimum Gasteiger partial charge on any atom is -0.363 e. The van der Waals surface area contributed by atoms with Gasteiger partial charge in [0.05, 0.1) is 13.1 Å². The molecule has 0 radical (unpaired) electrons. The lowest BCUT2D eigenvalue weighted by Crippen LogP contribution is -2.51. The molecule has 7 nitrogen and oxygen atoms in total. The Morgan fingerprint density at radius 2 is 1.41 bits per heavy atom. The minimum absolute atomic E-state index is 0.0675. The van der Waals surface area contributed by atoms with E-state index >= 15 is 0 Å². The third-order valence-corrected chi connectivity index (χ3v) is 7.99. The molecule has 1 saturated heterocycles. The summed E-state index contributed by atoms with van der Waals surface area (Å²) in [7, 11) is 0. The largest absolute Gasteiger partial charge is 0.363 e. The van der Waals surface area contributed by atoms with Crippen LogP contribution in [0.5, 0.6) is 0 Å². The molecule has 0 amide bonds. The van der Waals surface area contributed by atoms with E-state index in [1.165, 1.54) is 21.8 Å². The van der Waals surface area contributed by atoms with E-state index in [0.29, 0.717) is 24.5 Å². The first-order chi connectivity index (χ1) is 19.7. The maximum atomic E-state index is 14.7. The number of hydrogen-bond donors (Lipinski definition) is 1. The molecule has 1 aromatic heterocycles. The minimum atomic E-state index is -0.749. The zero-order valence-corrected chi connectivity index (χ0v) is 23.4. The Hall–Kier alpha value is -4.08. The van der Waals surface area contributed by atoms with Gasteiger partial charge >= 0.3 is 5.69 Å². The molecule has 0 unspecified atom stereocenters. The molecular weight excluding hydrogens is 524 g/mol. The second-order valence-electron chi connectivity index (χ2n) is 10.6. The van der Waals surface area contributed by atoms with Crippen molar-refractivity contribution in [3.63, 3.8) is 0 Å². The van der Waals surface area contributed by atoms with Crippen LogP contribution in [0.15, 0.2) is 82.4 Å². The highest BCUT2D eigenvalue weighted by Gasteiger charge is 2.26. The van der Waals surface area contributed by atoms with Crippen LogP contribution in [-0.4, -0.2) is 40.2 Å². The summed E-state index contributed by atoms with van der Waals surface area (Å²) >= 11 is 0. The van der Waals surface area contributed by atoms with E-state index < -0.39 is 28.9 Å². The van der Waals surface area contributed by atoms with Crippen molar-refractivity contribution in [1.82, 2.24) is 14.0 Å². The molecule has 1 aliphatic rings. The number of piperazine rings is 1. The van der Waals surface area contributed by atoms with Crippen molar-refractivity contribution in [1.29, 1.82) is 0 Å². The number of aryl methyl sites for hydroxylation is 1. The van der Waals surface area contributed by atoms with Gasteiger partial charge in [-0.2, -0.15) is 0 Å². The summed E-state index contributed by atoms with van der Waals surface area (Å²) in [5.74, 6) is -1.50. The van der Waals surface area contributed by atoms with E-state index in [9.17, 15) is 18.4 Å². The molecule has 0 bridgehead atoms. The van der Waals surface area contributed by atoms with E-state index in [4.69, 9.17) is 5.73 Å². The van der Waals surface area contributed by atoms with Crippen molar-refractivity contribution >= 4 is 5.69 Å². The normalized spacial score (nSPS) is 14.8. The van der Waals surface area contributed by atoms with Crippen LogP contribution in [-0.2, 0) is 19.6 Å². The lowest BCUT2D eigenvalue weighted by atomic mass is 10.1. The van der Waals surface area contributed by atoms with Gasteiger partial charge < -0.3 is 10.6 Å². The first-order valence-electron chi connectivity index (χ1n) is 13.8. The monoisotopic (exact) mass is 559 g/mol. The van der Waals surface area contributed by atoms with Crippen LogP contribution in [0.3, 0.4) is 0 Å². The van der Waals surface area contributed by atoms with E-state index in [2.05, 4.69) is 24.0 Å². The van der Waals surface area contributed by atoms with Gasteiger partial charge in [-0.25, -0.2) is 13.6 Å². The Morgan fingerprint density at radius 3 is 2.07 bits per heavy atom. The Morgan fingerprint density at radius 1 is 0.780 bits per heavy atom. The molecule has 9 heteroatoms. The van der Waals surface area contributed by atoms with Crippen LogP contribution in [0.1, 0.15) is 34.0 Å². The smallest absolute Gasteiger partial charge is 0.331 e. The number of nitrogens with zero attached hydrogens (tertiary/aromatic N) is 4. The van der Waals surface area contributed by atoms with Gasteiger partial charge in [-0.1, -0.05) is 60.7 Å². The summed E-state index contributed by atoms with van der Waals surface area (Å²) in [4.78, 5) is 32.0. The van der Waals surface area contributed by atoms with Crippen LogP contribution in [0.4, 0.5) is 14.5 Å². The molecule has 2 heterocycles. The number of aromatic nitrogens is 2. The SMILES string of the molecule is Cc1ccccc1CN1CCN(c2c(C)n(Cc3c(F)cccc3F)c(=O)n(C[C@H](N)c3ccccc3)c2=O)CC1. The number of halogens is 2. The maximum Gasteiger partial charge on any atom is 0.331 e. The number of rotatable bonds is 8. The van der Waals surface area contributed by atoms with Gasteiger partial charge in [0.1, 0.15) is 17.3 Å². The first kappa shape index (κ1) is 28.4. The molecule has 5 rings (SSSR count). The molecule has 0 aliphatic carbocycles. The molecule has 0 saturated carbocycles. The molecule has 0 spiro atoms. The summed E-state index contributed by atoms with van der Waals surface area (Å²) < 4.78 is 31.7. The van der Waals surface area contributed by atoms with Crippen LogP contribution < -0.4 is 21.9 Å². The van der Waals surface area contributed by atoms with E-state index in [-0.39, 0.29) is 18.7 Å². The fraction of sp³-hybridized carbons (Fsp3) is 0.312. The molecule has 1 aliphatic heterocycles. The zero-order valence-electron chi connectivity index (χ0n) is 23.4. The van der Waals surface area contributed by atoms with E-state index in [0.717, 1.165) is 41.9 Å². The third kappa shape index (κ3) is 6.01. The highest BCUT2D eigenvalue weighted by atomic mass is 19.1. The molecule has 1 atom stereocenters. The fourth-order valence-electron chi connectivity index (χ4n) is 5.50. The summed E-state index contributed by atoms with van der Waals surface area (Å²) in [5.41, 5.74) is 9.11. The average Bonchev–Trinajstić information content (AvgIpc) is 2.97. The highest BCUT2D eigenvalue weighted by Crippen LogP contribution is 2.21. The van der Waals surface area contributed by atoms with Crippen molar-refractivity contribution in [2.75, 3.05) is 31.1 Å². The van der Waals surface area contributed by atoms with Gasteiger partial charge in [-0.05, 0) is 42.7 Å². The number of nitrogens with two attached hydrogens (primary N) is 1. The standard InChI is InChI=1S/C32H35F2N5O2/c1-22-9-6-7-12-25(22)19-36-15-17-37(18-16-36)30-23(2)38(20-26-27(33)13-8-14-28(26)34)32(41)39(31(30)40)21-29(35)24-10-4-3-5-11-24/h3-14,29H,15-21,35H2,1-2H3/t29-/m0/s1. The molecular formula is C32H35F2N5O2. The summed E-state index contributed by atoms with van der Waals surface area (Å²) in [5, 5.41) is 0. The second kappa shape index (κ2) is 12.2. The van der Waals surface area contributed by atoms with Crippen molar-refractivity contribution in [2.24, 2.45) is 5.73 Å². The Balaban J connectivity index is 1.50. The van der Waals surface area contributed by atoms with Gasteiger partial charge in [-0.15, -0.1) is 0 Å². The Kier molecular flexibility index (Phi) is 8.46. The van der Waals surface area contributed by atoms with Gasteiger partial charge in [0.25, 0.3) is 5.56 Å². The van der Waals surface area contributed by atoms with Crippen LogP contribution in [0.2, 0.25) is 0 Å². The van der Waals surface area contributed by atoms with Gasteiger partial charge in [0, 0.05) is 50.0 Å². The zero-order chi connectivity index (χ0) is 29.1. The molecule has 214 valence electrons. The fourth-order valence-corrected chi connectivity index (χ4v) is 5.50. The van der Waals surface area contributed by atoms with Crippen molar-refractivity contribution in [3.05, 3.63) is 133 Å². The molecule has 3 aromatic carbocycles. The number of hydrogen-bond acceptors (Lipinski definition) is 5. The van der Waals surface area contributed by atoms with Gasteiger partial charge in [0.2, 0.25) is 0 Å². The van der Waals surface area contributed by atoms with E-state index in [1.54, 1.807) is 6.92 Å². The lowest BCUT2D eigenvalue weighted by Gasteiger charge is -2.37. The summed E-state index contributed by atoms with van der Waals surface area (Å²) in [6, 6.07) is 20.5. The van der Waals surface area contributed by atoms with Crippen molar-refractivity contribution in [2.45, 2.75) is 39.5 Å². The highest BCUT2D eigenvalue weighted by molar-refractivity contribution is 5.50. The lowest BCUT2D eigenvalue weighted by molar-refractivity contribution is 0.248. The average molecular weight is 560 g/mol. The second-order valence-corrected chi connectivity index (χ2v) is 10.6. The predicted molar refractivity (Wildman–Crippen MR) is 157 cm³/mol. The third-order valence-electron chi connectivity index (χ3n) is 7.99. The van der Waals surface area contributed by atoms with Crippen molar-refractivity contribution in [3.8, 4) is 0 Å². The Labute approximate surface area is 238 Å². The van der Waals surface area contributed by atoms with E-state index in [1.807, 2.05) is 47.4 Å². The molecule has 41 heavy (non-hydrogen) atoms. The number of benzene rings is 3. The van der Waals surface area contributed by atoms with Gasteiger partial charge in [0.15, 0.2) is 0 Å². The maximum absolute atomic E-state index is 14.7. The molecule has 1 fully saturated rings. The van der Waals surface area contributed by atoms with Crippen LogP contribution in [0.25, 0.3) is 0 Å². The van der Waals surface area contributed by atoms with Crippen molar-refractivity contribution < 1.29 is 8.78 Å². The van der Waals surface area contributed by atoms with Gasteiger partial charge in [-0.3, -0.25) is 18.8 Å². The quantitative estimate of drug-likeness (QED) is 0.354.